The van der Waals surface area contributed by atoms with Gasteiger partial charge < -0.3 is 15.5 Å². The third-order valence-electron chi connectivity index (χ3n) is 3.34. The molecule has 3 N–H and O–H groups in total. The molecule has 114 valence electrons. The summed E-state index contributed by atoms with van der Waals surface area (Å²) in [6, 6.07) is 4.73. The predicted octanol–water partition coefficient (Wildman–Crippen LogP) is 2.35. The fourth-order valence-electron chi connectivity index (χ4n) is 2.61. The maximum Gasteiger partial charge on any atom is 0.0861 e. The van der Waals surface area contributed by atoms with Crippen LogP contribution in [0.2, 0.25) is 0 Å². The van der Waals surface area contributed by atoms with Crippen LogP contribution in [0.4, 0.5) is 0 Å². The molecule has 1 aromatic carbocycles. The first kappa shape index (κ1) is 17.5. The van der Waals surface area contributed by atoms with E-state index < -0.39 is 6.10 Å². The molecular weight excluding hydrogens is 270 g/mol. The van der Waals surface area contributed by atoms with E-state index in [4.69, 9.17) is 5.11 Å². The smallest absolute Gasteiger partial charge is 0.0861 e. The van der Waals surface area contributed by atoms with Crippen molar-refractivity contribution in [2.45, 2.75) is 39.8 Å². The highest BCUT2D eigenvalue weighted by Crippen LogP contribution is 2.26. The number of hydrogen-bond acceptors (Lipinski definition) is 4. The van der Waals surface area contributed by atoms with Crippen LogP contribution in [0.1, 0.15) is 35.2 Å². The summed E-state index contributed by atoms with van der Waals surface area (Å²) in [5.41, 5.74) is 5.29. The van der Waals surface area contributed by atoms with Crippen LogP contribution in [0, 0.1) is 20.8 Å². The summed E-state index contributed by atoms with van der Waals surface area (Å²) in [5, 5.41) is 21.8. The monoisotopic (exact) mass is 297 g/mol. The van der Waals surface area contributed by atoms with E-state index in [0.29, 0.717) is 5.75 Å². The number of nitrogens with one attached hydrogen (secondary N) is 1. The zero-order valence-corrected chi connectivity index (χ0v) is 13.8. The number of benzene rings is 1. The molecule has 2 unspecified atom stereocenters. The van der Waals surface area contributed by atoms with Crippen LogP contribution in [-0.4, -0.2) is 41.0 Å². The third-order valence-corrected chi connectivity index (χ3v) is 4.53. The molecule has 20 heavy (non-hydrogen) atoms. The van der Waals surface area contributed by atoms with Gasteiger partial charge in [-0.3, -0.25) is 0 Å². The number of hydrogen-bond donors (Lipinski definition) is 3. The Morgan fingerprint density at radius 3 is 2.25 bits per heavy atom. The normalized spacial score (nSPS) is 14.3. The second-order valence-corrected chi connectivity index (χ2v) is 6.37. The van der Waals surface area contributed by atoms with Gasteiger partial charge in [-0.15, -0.1) is 0 Å². The van der Waals surface area contributed by atoms with Gasteiger partial charge in [0.1, 0.15) is 0 Å². The average molecular weight is 297 g/mol. The number of aryl methyl sites for hydroxylation is 3. The van der Waals surface area contributed by atoms with Gasteiger partial charge in [0.25, 0.3) is 0 Å². The van der Waals surface area contributed by atoms with Crippen LogP contribution in [0.15, 0.2) is 12.1 Å². The van der Waals surface area contributed by atoms with Crippen molar-refractivity contribution in [3.63, 3.8) is 0 Å². The lowest BCUT2D eigenvalue weighted by molar-refractivity contribution is 0.113. The molecule has 0 saturated carbocycles. The molecule has 0 fully saturated rings. The van der Waals surface area contributed by atoms with Gasteiger partial charge in [-0.1, -0.05) is 24.6 Å². The van der Waals surface area contributed by atoms with Crippen molar-refractivity contribution in [2.24, 2.45) is 0 Å². The molecule has 0 bridgehead atoms. The summed E-state index contributed by atoms with van der Waals surface area (Å²) in [6.07, 6.45) is -0.623. The average Bonchev–Trinajstić information content (AvgIpc) is 2.37. The van der Waals surface area contributed by atoms with E-state index >= 15 is 0 Å². The van der Waals surface area contributed by atoms with E-state index in [0.717, 1.165) is 12.3 Å². The first-order valence-corrected chi connectivity index (χ1v) is 8.32. The van der Waals surface area contributed by atoms with Crippen molar-refractivity contribution < 1.29 is 10.2 Å². The molecule has 0 saturated heterocycles. The molecule has 1 aromatic rings. The summed E-state index contributed by atoms with van der Waals surface area (Å²) >= 11 is 1.68. The molecule has 3 nitrogen and oxygen atoms in total. The van der Waals surface area contributed by atoms with Crippen molar-refractivity contribution in [1.82, 2.24) is 5.32 Å². The van der Waals surface area contributed by atoms with Gasteiger partial charge in [0, 0.05) is 17.5 Å². The highest BCUT2D eigenvalue weighted by Gasteiger charge is 2.16. The van der Waals surface area contributed by atoms with Gasteiger partial charge in [0.05, 0.1) is 12.7 Å². The molecule has 2 atom stereocenters. The van der Waals surface area contributed by atoms with Crippen LogP contribution in [0.5, 0.6) is 0 Å². The Bertz CT molecular complexity index is 400. The minimum absolute atomic E-state index is 0.165. The van der Waals surface area contributed by atoms with Gasteiger partial charge in [-0.05, 0) is 44.0 Å². The van der Waals surface area contributed by atoms with E-state index in [2.05, 4.69) is 45.1 Å². The van der Waals surface area contributed by atoms with E-state index in [1.165, 1.54) is 22.3 Å². The topological polar surface area (TPSA) is 52.5 Å². The summed E-state index contributed by atoms with van der Waals surface area (Å²) in [4.78, 5) is 0. The molecular formula is C16H27NO2S. The molecule has 0 radical (unpaired) electrons. The number of aliphatic hydroxyl groups is 2. The van der Waals surface area contributed by atoms with Gasteiger partial charge in [-0.25, -0.2) is 0 Å². The van der Waals surface area contributed by atoms with Gasteiger partial charge in [0.2, 0.25) is 0 Å². The number of aliphatic hydroxyl groups excluding tert-OH is 2. The van der Waals surface area contributed by atoms with Gasteiger partial charge in [-0.2, -0.15) is 11.8 Å². The van der Waals surface area contributed by atoms with Crippen LogP contribution < -0.4 is 5.32 Å². The van der Waals surface area contributed by atoms with Crippen LogP contribution in [0.3, 0.4) is 0 Å². The van der Waals surface area contributed by atoms with Crippen molar-refractivity contribution >= 4 is 11.8 Å². The molecule has 4 heteroatoms. The minimum Gasteiger partial charge on any atom is -0.394 e. The van der Waals surface area contributed by atoms with Crippen LogP contribution in [0.25, 0.3) is 0 Å². The number of thioether (sulfide) groups is 1. The molecule has 0 aliphatic rings. The third kappa shape index (κ3) is 5.09. The summed E-state index contributed by atoms with van der Waals surface area (Å²) in [6.45, 7) is 9.30. The Labute approximate surface area is 126 Å². The number of rotatable bonds is 8. The second-order valence-electron chi connectivity index (χ2n) is 5.30. The Balaban J connectivity index is 2.80. The van der Waals surface area contributed by atoms with Crippen LogP contribution in [-0.2, 0) is 0 Å². The first-order valence-electron chi connectivity index (χ1n) is 7.17. The largest absolute Gasteiger partial charge is 0.394 e. The van der Waals surface area contributed by atoms with Gasteiger partial charge >= 0.3 is 0 Å². The first-order chi connectivity index (χ1) is 9.49. The lowest BCUT2D eigenvalue weighted by atomic mass is 9.95. The van der Waals surface area contributed by atoms with Crippen molar-refractivity contribution in [3.8, 4) is 0 Å². The Morgan fingerprint density at radius 1 is 1.15 bits per heavy atom. The zero-order valence-electron chi connectivity index (χ0n) is 12.9. The molecule has 0 amide bonds. The summed E-state index contributed by atoms with van der Waals surface area (Å²) in [5.74, 6) is 1.47. The SMILES string of the molecule is CCNC(CSCC(O)CO)c1c(C)cc(C)cc1C. The summed E-state index contributed by atoms with van der Waals surface area (Å²) < 4.78 is 0. The van der Waals surface area contributed by atoms with E-state index in [1.54, 1.807) is 11.8 Å². The highest BCUT2D eigenvalue weighted by atomic mass is 32.2. The maximum absolute atomic E-state index is 9.43. The molecule has 0 aliphatic carbocycles. The predicted molar refractivity (Wildman–Crippen MR) is 87.5 cm³/mol. The fraction of sp³-hybridized carbons (Fsp3) is 0.625. The molecule has 1 rings (SSSR count). The fourth-order valence-corrected chi connectivity index (χ4v) is 3.64. The summed E-state index contributed by atoms with van der Waals surface area (Å²) in [7, 11) is 0. The van der Waals surface area contributed by atoms with E-state index in [-0.39, 0.29) is 12.6 Å². The lowest BCUT2D eigenvalue weighted by Gasteiger charge is -2.23. The minimum atomic E-state index is -0.623. The Morgan fingerprint density at radius 2 is 1.75 bits per heavy atom. The van der Waals surface area contributed by atoms with Crippen molar-refractivity contribution in [3.05, 3.63) is 34.4 Å². The Kier molecular flexibility index (Phi) is 7.59. The van der Waals surface area contributed by atoms with Crippen molar-refractivity contribution in [2.75, 3.05) is 24.7 Å². The van der Waals surface area contributed by atoms with E-state index in [9.17, 15) is 5.11 Å². The second kappa shape index (κ2) is 8.67. The lowest BCUT2D eigenvalue weighted by Crippen LogP contribution is -2.26. The highest BCUT2D eigenvalue weighted by molar-refractivity contribution is 7.99. The molecule has 0 spiro atoms. The molecule has 0 aromatic heterocycles. The van der Waals surface area contributed by atoms with Crippen molar-refractivity contribution in [1.29, 1.82) is 0 Å². The molecule has 0 heterocycles. The Hall–Kier alpha value is -0.550. The standard InChI is InChI=1S/C16H27NO2S/c1-5-17-15(10-20-9-14(19)8-18)16-12(3)6-11(2)7-13(16)4/h6-7,14-15,17-19H,5,8-10H2,1-4H3. The quantitative estimate of drug-likeness (QED) is 0.689. The molecule has 0 aliphatic heterocycles. The van der Waals surface area contributed by atoms with E-state index in [1.807, 2.05) is 0 Å². The van der Waals surface area contributed by atoms with Gasteiger partial charge in [0.15, 0.2) is 0 Å². The maximum atomic E-state index is 9.43. The zero-order chi connectivity index (χ0) is 15.1. The van der Waals surface area contributed by atoms with Crippen LogP contribution >= 0.6 is 11.8 Å².